The van der Waals surface area contributed by atoms with Crippen LogP contribution >= 0.6 is 0 Å². The third kappa shape index (κ3) is 3.72. The van der Waals surface area contributed by atoms with Gasteiger partial charge in [0.2, 0.25) is 0 Å². The highest BCUT2D eigenvalue weighted by Crippen LogP contribution is 2.49. The van der Waals surface area contributed by atoms with Crippen LogP contribution in [0.25, 0.3) is 0 Å². The molecule has 1 heterocycles. The Kier molecular flexibility index (Phi) is 5.59. The molecular formula is C22H26O5. The van der Waals surface area contributed by atoms with Crippen LogP contribution < -0.4 is 18.9 Å². The van der Waals surface area contributed by atoms with Crippen molar-refractivity contribution in [1.29, 1.82) is 0 Å². The van der Waals surface area contributed by atoms with Crippen LogP contribution in [0.3, 0.4) is 0 Å². The molecule has 3 rings (SSSR count). The summed E-state index contributed by atoms with van der Waals surface area (Å²) in [5.74, 6) is 2.71. The van der Waals surface area contributed by atoms with Gasteiger partial charge in [0, 0.05) is 23.1 Å². The Morgan fingerprint density at radius 1 is 1.04 bits per heavy atom. The Balaban J connectivity index is 2.20. The summed E-state index contributed by atoms with van der Waals surface area (Å²) in [5, 5.41) is 0. The zero-order valence-electron chi connectivity index (χ0n) is 16.5. The van der Waals surface area contributed by atoms with Crippen LogP contribution in [0.1, 0.15) is 42.9 Å². The molecule has 2 aromatic rings. The van der Waals surface area contributed by atoms with Crippen molar-refractivity contribution in [3.8, 4) is 23.0 Å². The van der Waals surface area contributed by atoms with Crippen molar-refractivity contribution in [1.82, 2.24) is 0 Å². The number of carbonyl (C=O) groups is 1. The van der Waals surface area contributed by atoms with Gasteiger partial charge in [-0.05, 0) is 30.0 Å². The number of fused-ring (bicyclic) bond motifs is 1. The Labute approximate surface area is 160 Å². The van der Waals surface area contributed by atoms with E-state index in [9.17, 15) is 4.79 Å². The third-order valence-electron chi connectivity index (χ3n) is 4.85. The summed E-state index contributed by atoms with van der Waals surface area (Å²) in [5.41, 5.74) is 2.83. The number of methoxy groups -OCH3 is 3. The zero-order chi connectivity index (χ0) is 19.6. The van der Waals surface area contributed by atoms with Gasteiger partial charge in [-0.15, -0.1) is 0 Å². The highest BCUT2D eigenvalue weighted by molar-refractivity contribution is 5.80. The second kappa shape index (κ2) is 7.91. The second-order valence-electron chi connectivity index (χ2n) is 7.10. The van der Waals surface area contributed by atoms with E-state index in [0.29, 0.717) is 23.2 Å². The minimum absolute atomic E-state index is 0.140. The van der Waals surface area contributed by atoms with Gasteiger partial charge in [0.15, 0.2) is 0 Å². The lowest BCUT2D eigenvalue weighted by Crippen LogP contribution is -2.23. The van der Waals surface area contributed by atoms with E-state index in [1.807, 2.05) is 30.3 Å². The molecule has 0 radical (unpaired) electrons. The maximum absolute atomic E-state index is 12.4. The molecule has 1 aliphatic heterocycles. The van der Waals surface area contributed by atoms with Crippen molar-refractivity contribution in [2.24, 2.45) is 5.92 Å². The Morgan fingerprint density at radius 2 is 1.70 bits per heavy atom. The van der Waals surface area contributed by atoms with Crippen molar-refractivity contribution in [3.63, 3.8) is 0 Å². The molecule has 0 N–H and O–H groups in total. The molecule has 1 unspecified atom stereocenters. The van der Waals surface area contributed by atoms with Gasteiger partial charge in [-0.25, -0.2) is 0 Å². The number of hydrogen-bond donors (Lipinski definition) is 0. The van der Waals surface area contributed by atoms with Gasteiger partial charge in [0.1, 0.15) is 23.0 Å². The highest BCUT2D eigenvalue weighted by atomic mass is 16.5. The predicted octanol–water partition coefficient (Wildman–Crippen LogP) is 4.35. The smallest absolute Gasteiger partial charge is 0.312 e. The summed E-state index contributed by atoms with van der Waals surface area (Å²) in [6.45, 7) is 4.25. The minimum atomic E-state index is -0.247. The zero-order valence-corrected chi connectivity index (χ0v) is 16.5. The Bertz CT molecular complexity index is 824. The van der Waals surface area contributed by atoms with E-state index in [0.717, 1.165) is 28.9 Å². The van der Waals surface area contributed by atoms with Crippen molar-refractivity contribution < 1.29 is 23.7 Å². The van der Waals surface area contributed by atoms with E-state index in [1.165, 1.54) is 0 Å². The molecule has 5 heteroatoms. The average molecular weight is 370 g/mol. The summed E-state index contributed by atoms with van der Waals surface area (Å²) >= 11 is 0. The van der Waals surface area contributed by atoms with Crippen molar-refractivity contribution in [2.75, 3.05) is 21.3 Å². The fraction of sp³-hybridized carbons (Fsp3) is 0.409. The van der Waals surface area contributed by atoms with Crippen LogP contribution in [-0.2, 0) is 11.2 Å². The molecule has 0 saturated carbocycles. The maximum atomic E-state index is 12.4. The normalized spacial score (nSPS) is 15.9. The minimum Gasteiger partial charge on any atom is -0.497 e. The van der Waals surface area contributed by atoms with Gasteiger partial charge in [0.05, 0.1) is 27.8 Å². The Morgan fingerprint density at radius 3 is 2.26 bits per heavy atom. The molecule has 0 bridgehead atoms. The molecule has 0 saturated heterocycles. The summed E-state index contributed by atoms with van der Waals surface area (Å²) < 4.78 is 22.2. The molecule has 27 heavy (non-hydrogen) atoms. The molecule has 0 spiro atoms. The number of carbonyl (C=O) groups excluding carboxylic acids is 1. The number of rotatable bonds is 6. The van der Waals surface area contributed by atoms with Crippen molar-refractivity contribution >= 4 is 5.97 Å². The van der Waals surface area contributed by atoms with E-state index in [4.69, 9.17) is 18.9 Å². The first kappa shape index (κ1) is 19.1. The topological polar surface area (TPSA) is 54.0 Å². The van der Waals surface area contributed by atoms with E-state index >= 15 is 0 Å². The number of ether oxygens (including phenoxy) is 4. The lowest BCUT2D eigenvalue weighted by Gasteiger charge is -2.30. The summed E-state index contributed by atoms with van der Waals surface area (Å²) in [7, 11) is 4.88. The summed E-state index contributed by atoms with van der Waals surface area (Å²) in [6, 6.07) is 9.67. The van der Waals surface area contributed by atoms with Gasteiger partial charge in [-0.1, -0.05) is 26.0 Å². The van der Waals surface area contributed by atoms with Gasteiger partial charge < -0.3 is 18.9 Å². The average Bonchev–Trinajstić information content (AvgIpc) is 2.67. The molecule has 2 aromatic carbocycles. The van der Waals surface area contributed by atoms with Gasteiger partial charge in [0.25, 0.3) is 0 Å². The van der Waals surface area contributed by atoms with Crippen molar-refractivity contribution in [2.45, 2.75) is 32.6 Å². The van der Waals surface area contributed by atoms with E-state index < -0.39 is 0 Å². The maximum Gasteiger partial charge on any atom is 0.312 e. The standard InChI is InChI=1S/C22H26O5/c1-13(2)10-17-18(25-4)12-19(26-5)21-16(11-20(23)27-22(17)21)14-6-8-15(24-3)9-7-14/h6-9,12-13,16H,10-11H2,1-5H3. The first-order chi connectivity index (χ1) is 13.0. The first-order valence-corrected chi connectivity index (χ1v) is 9.10. The summed E-state index contributed by atoms with van der Waals surface area (Å²) in [6.07, 6.45) is 1.02. The molecule has 144 valence electrons. The fourth-order valence-electron chi connectivity index (χ4n) is 3.61. The van der Waals surface area contributed by atoms with Gasteiger partial charge >= 0.3 is 5.97 Å². The monoisotopic (exact) mass is 370 g/mol. The van der Waals surface area contributed by atoms with Crippen molar-refractivity contribution in [3.05, 3.63) is 47.0 Å². The molecule has 1 aliphatic rings. The lowest BCUT2D eigenvalue weighted by atomic mass is 9.83. The Hall–Kier alpha value is -2.69. The largest absolute Gasteiger partial charge is 0.497 e. The number of benzene rings is 2. The fourth-order valence-corrected chi connectivity index (χ4v) is 3.61. The van der Waals surface area contributed by atoms with Gasteiger partial charge in [-0.3, -0.25) is 4.79 Å². The highest BCUT2D eigenvalue weighted by Gasteiger charge is 2.35. The number of hydrogen-bond acceptors (Lipinski definition) is 5. The third-order valence-corrected chi connectivity index (χ3v) is 4.85. The molecule has 1 atom stereocenters. The quantitative estimate of drug-likeness (QED) is 0.559. The molecule has 0 fully saturated rings. The van der Waals surface area contributed by atoms with Crippen LogP contribution in [0.2, 0.25) is 0 Å². The first-order valence-electron chi connectivity index (χ1n) is 9.10. The van der Waals surface area contributed by atoms with Crippen LogP contribution in [0.4, 0.5) is 0 Å². The molecule has 5 nitrogen and oxygen atoms in total. The van der Waals surface area contributed by atoms with Crippen LogP contribution in [0.15, 0.2) is 30.3 Å². The molecular weight excluding hydrogens is 344 g/mol. The SMILES string of the molecule is COc1ccc(C2CC(=O)Oc3c(CC(C)C)c(OC)cc(OC)c32)cc1. The predicted molar refractivity (Wildman–Crippen MR) is 103 cm³/mol. The molecule has 0 aromatic heterocycles. The van der Waals surface area contributed by atoms with E-state index in [-0.39, 0.29) is 18.3 Å². The summed E-state index contributed by atoms with van der Waals surface area (Å²) in [4.78, 5) is 12.4. The number of esters is 1. The second-order valence-corrected chi connectivity index (χ2v) is 7.10. The molecule has 0 aliphatic carbocycles. The van der Waals surface area contributed by atoms with Crippen LogP contribution in [0, 0.1) is 5.92 Å². The van der Waals surface area contributed by atoms with Crippen LogP contribution in [0.5, 0.6) is 23.0 Å². The van der Waals surface area contributed by atoms with E-state index in [2.05, 4.69) is 13.8 Å². The lowest BCUT2D eigenvalue weighted by molar-refractivity contribution is -0.135. The van der Waals surface area contributed by atoms with E-state index in [1.54, 1.807) is 21.3 Å². The van der Waals surface area contributed by atoms with Gasteiger partial charge in [-0.2, -0.15) is 0 Å². The van der Waals surface area contributed by atoms with Crippen LogP contribution in [-0.4, -0.2) is 27.3 Å². The molecule has 0 amide bonds.